The van der Waals surface area contributed by atoms with E-state index in [2.05, 4.69) is 135 Å². The second-order valence-electron chi connectivity index (χ2n) is 10.9. The molecular weight excluding hydrogens is 476 g/mol. The highest BCUT2D eigenvalue weighted by atomic mass is 32.2. The molecule has 1 aliphatic carbocycles. The van der Waals surface area contributed by atoms with Gasteiger partial charge >= 0.3 is 0 Å². The summed E-state index contributed by atoms with van der Waals surface area (Å²) in [7, 11) is 0. The van der Waals surface area contributed by atoms with Crippen molar-refractivity contribution in [3.63, 3.8) is 0 Å². The summed E-state index contributed by atoms with van der Waals surface area (Å²) < 4.78 is 0. The van der Waals surface area contributed by atoms with E-state index in [1.54, 1.807) is 0 Å². The predicted octanol–water partition coefficient (Wildman–Crippen LogP) is 10.6. The molecule has 8 rings (SSSR count). The zero-order valence-corrected chi connectivity index (χ0v) is 22.3. The van der Waals surface area contributed by atoms with Crippen molar-refractivity contribution in [3.05, 3.63) is 132 Å². The minimum Gasteiger partial charge on any atom is -0.0888 e. The van der Waals surface area contributed by atoms with E-state index in [0.717, 1.165) is 0 Å². The second-order valence-corrected chi connectivity index (χ2v) is 12.0. The smallest absolute Gasteiger partial charge is 0.0207 e. The van der Waals surface area contributed by atoms with Crippen molar-refractivity contribution in [2.75, 3.05) is 0 Å². The summed E-state index contributed by atoms with van der Waals surface area (Å²) in [5.41, 5.74) is 13.4. The molecule has 6 aromatic rings. The zero-order chi connectivity index (χ0) is 25.4. The van der Waals surface area contributed by atoms with Gasteiger partial charge in [-0.2, -0.15) is 0 Å². The molecule has 1 heteroatoms. The van der Waals surface area contributed by atoms with Crippen LogP contribution in [-0.2, 0) is 5.41 Å². The van der Waals surface area contributed by atoms with Crippen molar-refractivity contribution in [1.82, 2.24) is 0 Å². The largest absolute Gasteiger partial charge is 0.0888 e. The first-order chi connectivity index (χ1) is 18.6. The van der Waals surface area contributed by atoms with E-state index in [1.807, 2.05) is 11.8 Å². The molecule has 180 valence electrons. The Kier molecular flexibility index (Phi) is 4.60. The lowest BCUT2D eigenvalue weighted by Gasteiger charge is -2.23. The van der Waals surface area contributed by atoms with Crippen LogP contribution in [0.3, 0.4) is 0 Å². The molecule has 0 aromatic heterocycles. The quantitative estimate of drug-likeness (QED) is 0.226. The van der Waals surface area contributed by atoms with Crippen LogP contribution in [0.4, 0.5) is 0 Å². The van der Waals surface area contributed by atoms with Gasteiger partial charge in [-0.15, -0.1) is 0 Å². The summed E-state index contributed by atoms with van der Waals surface area (Å²) in [6.45, 7) is 4.71. The van der Waals surface area contributed by atoms with Gasteiger partial charge in [-0.25, -0.2) is 0 Å². The minimum atomic E-state index is -0.0122. The highest BCUT2D eigenvalue weighted by Crippen LogP contribution is 2.54. The van der Waals surface area contributed by atoms with Crippen LogP contribution < -0.4 is 0 Å². The Balaban J connectivity index is 1.40. The first-order valence-electron chi connectivity index (χ1n) is 13.3. The van der Waals surface area contributed by atoms with Crippen LogP contribution >= 0.6 is 11.8 Å². The lowest BCUT2D eigenvalue weighted by molar-refractivity contribution is 0.660. The van der Waals surface area contributed by atoms with Crippen LogP contribution in [0.5, 0.6) is 0 Å². The van der Waals surface area contributed by atoms with E-state index in [4.69, 9.17) is 0 Å². The maximum Gasteiger partial charge on any atom is 0.0207 e. The van der Waals surface area contributed by atoms with E-state index in [-0.39, 0.29) is 5.41 Å². The normalized spacial score (nSPS) is 14.2. The molecule has 0 spiro atoms. The van der Waals surface area contributed by atoms with Crippen molar-refractivity contribution in [3.8, 4) is 44.5 Å². The van der Waals surface area contributed by atoms with Crippen molar-refractivity contribution >= 4 is 22.5 Å². The summed E-state index contributed by atoms with van der Waals surface area (Å²) in [5, 5.41) is 2.69. The first kappa shape index (κ1) is 22.0. The van der Waals surface area contributed by atoms with Gasteiger partial charge in [0.15, 0.2) is 0 Å². The van der Waals surface area contributed by atoms with E-state index >= 15 is 0 Å². The van der Waals surface area contributed by atoms with Crippen LogP contribution in [0.1, 0.15) is 25.0 Å². The highest BCUT2D eigenvalue weighted by molar-refractivity contribution is 7.99. The molecule has 1 heterocycles. The summed E-state index contributed by atoms with van der Waals surface area (Å²) in [5.74, 6) is 0. The number of fused-ring (bicyclic) bond motifs is 5. The lowest BCUT2D eigenvalue weighted by atomic mass is 9.81. The molecule has 0 bridgehead atoms. The molecule has 0 atom stereocenters. The fourth-order valence-electron chi connectivity index (χ4n) is 6.75. The summed E-state index contributed by atoms with van der Waals surface area (Å²) in [4.78, 5) is 2.67. The number of rotatable bonds is 2. The number of benzene rings is 6. The third-order valence-electron chi connectivity index (χ3n) is 8.51. The fourth-order valence-corrected chi connectivity index (χ4v) is 7.88. The molecule has 1 aliphatic heterocycles. The van der Waals surface area contributed by atoms with Crippen LogP contribution in [0.25, 0.3) is 55.3 Å². The third-order valence-corrected chi connectivity index (χ3v) is 9.65. The van der Waals surface area contributed by atoms with Gasteiger partial charge in [-0.3, -0.25) is 0 Å². The van der Waals surface area contributed by atoms with Crippen molar-refractivity contribution in [2.45, 2.75) is 29.1 Å². The molecule has 0 fully saturated rings. The zero-order valence-electron chi connectivity index (χ0n) is 21.5. The number of hydrogen-bond donors (Lipinski definition) is 0. The van der Waals surface area contributed by atoms with Gasteiger partial charge in [-0.1, -0.05) is 135 Å². The maximum atomic E-state index is 2.36. The molecule has 0 amide bonds. The molecule has 0 saturated carbocycles. The molecule has 0 unspecified atom stereocenters. The van der Waals surface area contributed by atoms with Gasteiger partial charge in [0.1, 0.15) is 0 Å². The Morgan fingerprint density at radius 3 is 1.87 bits per heavy atom. The maximum absolute atomic E-state index is 2.36. The van der Waals surface area contributed by atoms with E-state index in [0.29, 0.717) is 0 Å². The Bertz CT molecular complexity index is 1920. The van der Waals surface area contributed by atoms with Crippen molar-refractivity contribution < 1.29 is 0 Å². The average Bonchev–Trinajstić information content (AvgIpc) is 3.20. The van der Waals surface area contributed by atoms with E-state index in [1.165, 1.54) is 76.2 Å². The molecule has 0 saturated heterocycles. The van der Waals surface area contributed by atoms with Gasteiger partial charge in [0.25, 0.3) is 0 Å². The molecular formula is C37H26S. The van der Waals surface area contributed by atoms with Crippen LogP contribution in [-0.4, -0.2) is 0 Å². The SMILES string of the molecule is CC1(C)c2ccccc2-c2c(-c3ccccc3-c3ccc4c5c(cccc35)-c3ccccc3S4)cccc21. The Morgan fingerprint density at radius 2 is 1.03 bits per heavy atom. The Hall–Kier alpha value is -4.07. The Morgan fingerprint density at radius 1 is 0.421 bits per heavy atom. The Labute approximate surface area is 228 Å². The van der Waals surface area contributed by atoms with E-state index in [9.17, 15) is 0 Å². The molecule has 0 radical (unpaired) electrons. The summed E-state index contributed by atoms with van der Waals surface area (Å²) in [6, 6.07) is 45.0. The first-order valence-corrected chi connectivity index (χ1v) is 14.1. The van der Waals surface area contributed by atoms with Gasteiger partial charge in [-0.05, 0) is 73.2 Å². The van der Waals surface area contributed by atoms with Crippen LogP contribution in [0.15, 0.2) is 131 Å². The summed E-state index contributed by atoms with van der Waals surface area (Å²) in [6.07, 6.45) is 0. The van der Waals surface area contributed by atoms with E-state index < -0.39 is 0 Å². The molecule has 6 aromatic carbocycles. The van der Waals surface area contributed by atoms with Gasteiger partial charge < -0.3 is 0 Å². The number of hydrogen-bond acceptors (Lipinski definition) is 1. The van der Waals surface area contributed by atoms with Gasteiger partial charge in [0, 0.05) is 20.6 Å². The van der Waals surface area contributed by atoms with Crippen molar-refractivity contribution in [1.29, 1.82) is 0 Å². The standard InChI is InChI=1S/C37H26S/c1-37(2)31-18-7-5-14-30(31)35-27(17-10-19-32(35)37)24-12-4-3-11-23(24)25-21-22-34-36-28(25)15-9-16-29(36)26-13-6-8-20-33(26)38-34/h3-22H,1-2H3. The summed E-state index contributed by atoms with van der Waals surface area (Å²) >= 11 is 1.89. The fraction of sp³-hybridized carbons (Fsp3) is 0.0811. The molecule has 0 nitrogen and oxygen atoms in total. The monoisotopic (exact) mass is 502 g/mol. The van der Waals surface area contributed by atoms with Crippen LogP contribution in [0, 0.1) is 0 Å². The van der Waals surface area contributed by atoms with Gasteiger partial charge in [0.05, 0.1) is 0 Å². The highest BCUT2D eigenvalue weighted by Gasteiger charge is 2.36. The lowest BCUT2D eigenvalue weighted by Crippen LogP contribution is -2.14. The topological polar surface area (TPSA) is 0 Å². The molecule has 0 N–H and O–H groups in total. The average molecular weight is 503 g/mol. The second kappa shape index (κ2) is 7.96. The third kappa shape index (κ3) is 2.94. The van der Waals surface area contributed by atoms with Gasteiger partial charge in [0.2, 0.25) is 0 Å². The minimum absolute atomic E-state index is 0.0122. The predicted molar refractivity (Wildman–Crippen MR) is 162 cm³/mol. The molecule has 2 aliphatic rings. The van der Waals surface area contributed by atoms with Crippen molar-refractivity contribution in [2.24, 2.45) is 0 Å². The molecule has 38 heavy (non-hydrogen) atoms. The van der Waals surface area contributed by atoms with Crippen LogP contribution in [0.2, 0.25) is 0 Å².